The molecule has 1 aliphatic heterocycles. The number of carbonyl (C=O) groups is 1. The molecule has 2 heterocycles. The van der Waals surface area contributed by atoms with Gasteiger partial charge >= 0.3 is 0 Å². The molecule has 164 valence electrons. The first-order valence-corrected chi connectivity index (χ1v) is 9.58. The molecule has 0 aliphatic carbocycles. The zero-order valence-corrected chi connectivity index (χ0v) is 17.5. The molecule has 1 aliphatic rings. The van der Waals surface area contributed by atoms with E-state index < -0.39 is 16.9 Å². The van der Waals surface area contributed by atoms with Crippen LogP contribution in [0.2, 0.25) is 0 Å². The molecular weight excluding hydrogens is 416 g/mol. The smallest absolute Gasteiger partial charge is 0.269 e. The fourth-order valence-electron chi connectivity index (χ4n) is 3.60. The number of nitrogens with one attached hydrogen (secondary N) is 2. The molecule has 11 nitrogen and oxygen atoms in total. The van der Waals surface area contributed by atoms with Crippen molar-refractivity contribution >= 4 is 23.2 Å². The number of allylic oxidation sites excluding steroid dienone is 1. The summed E-state index contributed by atoms with van der Waals surface area (Å²) in [5.41, 5.74) is 1.72. The van der Waals surface area contributed by atoms with E-state index in [2.05, 4.69) is 20.7 Å². The standard InChI is InChI=1S/C21H20N6O5/c1-12-18(20(28)25-16-10-15(31-2)7-8-17(16)32-3)19(26-21(24-12)22-11-23-26)13-5-4-6-14(9-13)27(29)30/h4-11,19H,1-3H3,(H,25,28)(H,22,23,24)/t19-/m0/s1. The second-order valence-electron chi connectivity index (χ2n) is 6.97. The van der Waals surface area contributed by atoms with E-state index >= 15 is 0 Å². The highest BCUT2D eigenvalue weighted by molar-refractivity contribution is 6.06. The van der Waals surface area contributed by atoms with Crippen LogP contribution in [-0.4, -0.2) is 39.8 Å². The number of nitro benzene ring substituents is 1. The molecule has 1 atom stereocenters. The lowest BCUT2D eigenvalue weighted by Crippen LogP contribution is -2.31. The number of nitro groups is 1. The van der Waals surface area contributed by atoms with Gasteiger partial charge in [-0.1, -0.05) is 12.1 Å². The van der Waals surface area contributed by atoms with E-state index in [-0.39, 0.29) is 5.69 Å². The molecule has 2 aromatic carbocycles. The lowest BCUT2D eigenvalue weighted by atomic mass is 9.94. The first-order chi connectivity index (χ1) is 15.4. The van der Waals surface area contributed by atoms with Crippen molar-refractivity contribution in [3.8, 4) is 11.5 Å². The van der Waals surface area contributed by atoms with E-state index in [0.717, 1.165) is 0 Å². The number of methoxy groups -OCH3 is 2. The van der Waals surface area contributed by atoms with Crippen molar-refractivity contribution in [3.63, 3.8) is 0 Å². The average Bonchev–Trinajstić information content (AvgIpc) is 3.25. The number of aromatic nitrogens is 3. The molecular formula is C21H20N6O5. The van der Waals surface area contributed by atoms with Crippen LogP contribution >= 0.6 is 0 Å². The van der Waals surface area contributed by atoms with Gasteiger partial charge in [0.05, 0.1) is 30.4 Å². The van der Waals surface area contributed by atoms with Gasteiger partial charge in [-0.25, -0.2) is 4.68 Å². The van der Waals surface area contributed by atoms with Crippen molar-refractivity contribution in [3.05, 3.63) is 75.7 Å². The zero-order chi connectivity index (χ0) is 22.8. The molecule has 3 aromatic rings. The summed E-state index contributed by atoms with van der Waals surface area (Å²) >= 11 is 0. The largest absolute Gasteiger partial charge is 0.497 e. The Morgan fingerprint density at radius 1 is 1.22 bits per heavy atom. The predicted octanol–water partition coefficient (Wildman–Crippen LogP) is 3.13. The molecule has 0 unspecified atom stereocenters. The third-order valence-corrected chi connectivity index (χ3v) is 5.09. The average molecular weight is 436 g/mol. The van der Waals surface area contributed by atoms with Crippen LogP contribution in [0.5, 0.6) is 11.5 Å². The fraction of sp³-hybridized carbons (Fsp3) is 0.190. The number of carbonyl (C=O) groups excluding carboxylic acids is 1. The van der Waals surface area contributed by atoms with Gasteiger partial charge < -0.3 is 20.1 Å². The Balaban J connectivity index is 1.78. The Morgan fingerprint density at radius 3 is 2.75 bits per heavy atom. The minimum Gasteiger partial charge on any atom is -0.497 e. The summed E-state index contributed by atoms with van der Waals surface area (Å²) in [7, 11) is 3.02. The SMILES string of the molecule is COc1ccc(OC)c(NC(=O)C2=C(C)Nc3ncnn3[C@H]2c2cccc([N+](=O)[O-])c2)c1. The molecule has 0 bridgehead atoms. The van der Waals surface area contributed by atoms with Crippen molar-refractivity contribution in [1.29, 1.82) is 0 Å². The number of benzene rings is 2. The molecule has 1 amide bonds. The quantitative estimate of drug-likeness (QED) is 0.445. The van der Waals surface area contributed by atoms with Crippen molar-refractivity contribution in [1.82, 2.24) is 14.8 Å². The Kier molecular flexibility index (Phi) is 5.46. The van der Waals surface area contributed by atoms with Crippen LogP contribution in [0.15, 0.2) is 60.1 Å². The summed E-state index contributed by atoms with van der Waals surface area (Å²) in [5.74, 6) is 0.991. The fourth-order valence-corrected chi connectivity index (χ4v) is 3.60. The Bertz CT molecular complexity index is 1230. The molecule has 11 heteroatoms. The van der Waals surface area contributed by atoms with Gasteiger partial charge in [0.1, 0.15) is 23.9 Å². The molecule has 0 fully saturated rings. The number of rotatable bonds is 6. The number of hydrogen-bond donors (Lipinski definition) is 2. The highest BCUT2D eigenvalue weighted by Crippen LogP contribution is 2.37. The first kappa shape index (κ1) is 20.8. The lowest BCUT2D eigenvalue weighted by molar-refractivity contribution is -0.384. The van der Waals surface area contributed by atoms with Crippen molar-refractivity contribution in [2.45, 2.75) is 13.0 Å². The maximum atomic E-state index is 13.5. The number of anilines is 2. The molecule has 4 rings (SSSR count). The van der Waals surface area contributed by atoms with Gasteiger partial charge in [-0.15, -0.1) is 0 Å². The van der Waals surface area contributed by atoms with E-state index in [1.165, 1.54) is 37.4 Å². The van der Waals surface area contributed by atoms with E-state index in [9.17, 15) is 14.9 Å². The molecule has 1 aromatic heterocycles. The van der Waals surface area contributed by atoms with Crippen LogP contribution in [-0.2, 0) is 4.79 Å². The summed E-state index contributed by atoms with van der Waals surface area (Å²) in [6.07, 6.45) is 1.35. The van der Waals surface area contributed by atoms with E-state index in [4.69, 9.17) is 9.47 Å². The van der Waals surface area contributed by atoms with Crippen LogP contribution in [0.4, 0.5) is 17.3 Å². The number of nitrogens with zero attached hydrogens (tertiary/aromatic N) is 4. The highest BCUT2D eigenvalue weighted by atomic mass is 16.6. The monoisotopic (exact) mass is 436 g/mol. The lowest BCUT2D eigenvalue weighted by Gasteiger charge is -2.28. The van der Waals surface area contributed by atoms with Gasteiger partial charge in [-0.2, -0.15) is 10.1 Å². The Morgan fingerprint density at radius 2 is 2.03 bits per heavy atom. The summed E-state index contributed by atoms with van der Waals surface area (Å²) in [4.78, 5) is 28.5. The van der Waals surface area contributed by atoms with Gasteiger partial charge in [-0.05, 0) is 24.6 Å². The minimum atomic E-state index is -0.731. The number of amides is 1. The van der Waals surface area contributed by atoms with Gasteiger partial charge in [0.25, 0.3) is 11.6 Å². The predicted molar refractivity (Wildman–Crippen MR) is 116 cm³/mol. The van der Waals surface area contributed by atoms with Gasteiger partial charge in [0.15, 0.2) is 0 Å². The second-order valence-corrected chi connectivity index (χ2v) is 6.97. The summed E-state index contributed by atoms with van der Waals surface area (Å²) < 4.78 is 12.1. The molecule has 2 N–H and O–H groups in total. The molecule has 0 radical (unpaired) electrons. The summed E-state index contributed by atoms with van der Waals surface area (Å²) in [5, 5.41) is 21.5. The van der Waals surface area contributed by atoms with Crippen LogP contribution in [0.3, 0.4) is 0 Å². The minimum absolute atomic E-state index is 0.0884. The van der Waals surface area contributed by atoms with Gasteiger partial charge in [0.2, 0.25) is 5.95 Å². The van der Waals surface area contributed by atoms with Crippen molar-refractivity contribution in [2.75, 3.05) is 24.9 Å². The third-order valence-electron chi connectivity index (χ3n) is 5.09. The third kappa shape index (κ3) is 3.71. The normalized spacial score (nSPS) is 14.9. The van der Waals surface area contributed by atoms with Crippen molar-refractivity contribution < 1.29 is 19.2 Å². The Hall–Kier alpha value is -4.41. The van der Waals surface area contributed by atoms with E-state index in [0.29, 0.717) is 40.0 Å². The van der Waals surface area contributed by atoms with Crippen LogP contribution in [0.1, 0.15) is 18.5 Å². The second kappa shape index (κ2) is 8.38. The molecule has 0 saturated carbocycles. The summed E-state index contributed by atoms with van der Waals surface area (Å²) in [6, 6.07) is 10.4. The van der Waals surface area contributed by atoms with Crippen LogP contribution in [0, 0.1) is 10.1 Å². The van der Waals surface area contributed by atoms with E-state index in [1.807, 2.05) is 0 Å². The van der Waals surface area contributed by atoms with Crippen LogP contribution < -0.4 is 20.1 Å². The van der Waals surface area contributed by atoms with Gasteiger partial charge in [-0.3, -0.25) is 14.9 Å². The molecule has 0 saturated heterocycles. The number of ether oxygens (including phenoxy) is 2. The Labute approximate surface area is 182 Å². The van der Waals surface area contributed by atoms with Crippen LogP contribution in [0.25, 0.3) is 0 Å². The van der Waals surface area contributed by atoms with Gasteiger partial charge in [0, 0.05) is 23.9 Å². The maximum Gasteiger partial charge on any atom is 0.269 e. The molecule has 32 heavy (non-hydrogen) atoms. The zero-order valence-electron chi connectivity index (χ0n) is 17.5. The highest BCUT2D eigenvalue weighted by Gasteiger charge is 2.34. The first-order valence-electron chi connectivity index (χ1n) is 9.58. The van der Waals surface area contributed by atoms with E-state index in [1.54, 1.807) is 37.3 Å². The maximum absolute atomic E-state index is 13.5. The number of non-ortho nitro benzene ring substituents is 1. The topological polar surface area (TPSA) is 133 Å². The van der Waals surface area contributed by atoms with Crippen molar-refractivity contribution in [2.24, 2.45) is 0 Å². The molecule has 0 spiro atoms. The number of fused-ring (bicyclic) bond motifs is 1. The summed E-state index contributed by atoms with van der Waals surface area (Å²) in [6.45, 7) is 1.74. The number of hydrogen-bond acceptors (Lipinski definition) is 8.